The van der Waals surface area contributed by atoms with Crippen LogP contribution in [0.15, 0.2) is 60.9 Å². The van der Waals surface area contributed by atoms with Crippen LogP contribution >= 0.6 is 0 Å². The molecule has 0 radical (unpaired) electrons. The molecule has 0 spiro atoms. The molecule has 0 bridgehead atoms. The Kier molecular flexibility index (Phi) is 7.40. The van der Waals surface area contributed by atoms with E-state index in [0.717, 1.165) is 36.4 Å². The second-order valence-corrected chi connectivity index (χ2v) is 8.15. The normalized spacial score (nSPS) is 15.7. The lowest BCUT2D eigenvalue weighted by molar-refractivity contribution is 0.0950. The molecule has 1 atom stereocenters. The second kappa shape index (κ2) is 10.8. The van der Waals surface area contributed by atoms with Gasteiger partial charge in [0.2, 0.25) is 5.95 Å². The highest BCUT2D eigenvalue weighted by molar-refractivity contribution is 5.93. The van der Waals surface area contributed by atoms with Crippen LogP contribution in [0.5, 0.6) is 11.5 Å². The number of para-hydroxylation sites is 2. The third-order valence-corrected chi connectivity index (χ3v) is 5.54. The van der Waals surface area contributed by atoms with Crippen LogP contribution in [-0.2, 0) is 6.54 Å². The second-order valence-electron chi connectivity index (χ2n) is 8.15. The fraction of sp³-hybridized carbons (Fsp3) is 0.346. The van der Waals surface area contributed by atoms with Gasteiger partial charge in [0.1, 0.15) is 6.10 Å². The maximum absolute atomic E-state index is 12.5. The van der Waals surface area contributed by atoms with Gasteiger partial charge in [-0.05, 0) is 44.4 Å². The van der Waals surface area contributed by atoms with E-state index in [1.165, 1.54) is 5.56 Å². The molecule has 0 aliphatic carbocycles. The van der Waals surface area contributed by atoms with E-state index in [2.05, 4.69) is 26.3 Å². The summed E-state index contributed by atoms with van der Waals surface area (Å²) in [6, 6.07) is 15.8. The zero-order valence-electron chi connectivity index (χ0n) is 19.2. The van der Waals surface area contributed by atoms with Gasteiger partial charge in [0, 0.05) is 25.5 Å². The van der Waals surface area contributed by atoms with Gasteiger partial charge in [-0.1, -0.05) is 42.0 Å². The highest BCUT2D eigenvalue weighted by Gasteiger charge is 2.24. The number of carbonyl (C=O) groups is 1. The summed E-state index contributed by atoms with van der Waals surface area (Å²) in [4.78, 5) is 23.5. The van der Waals surface area contributed by atoms with Crippen LogP contribution in [0, 0.1) is 6.92 Å². The lowest BCUT2D eigenvalue weighted by atomic mass is 10.1. The first-order valence-electron chi connectivity index (χ1n) is 11.4. The molecule has 1 saturated heterocycles. The number of aryl methyl sites for hydroxylation is 1. The zero-order chi connectivity index (χ0) is 23.0. The number of hydrogen-bond donors (Lipinski definition) is 1. The maximum atomic E-state index is 12.5. The Morgan fingerprint density at radius 2 is 1.91 bits per heavy atom. The highest BCUT2D eigenvalue weighted by atomic mass is 16.5. The van der Waals surface area contributed by atoms with E-state index in [1.54, 1.807) is 12.4 Å². The third kappa shape index (κ3) is 6.00. The molecule has 1 aromatic heterocycles. The summed E-state index contributed by atoms with van der Waals surface area (Å²) < 4.78 is 11.9. The van der Waals surface area contributed by atoms with Crippen LogP contribution in [0.4, 0.5) is 5.95 Å². The van der Waals surface area contributed by atoms with Crippen molar-refractivity contribution in [3.05, 3.63) is 77.6 Å². The van der Waals surface area contributed by atoms with Gasteiger partial charge in [0.15, 0.2) is 11.5 Å². The molecule has 7 nitrogen and oxygen atoms in total. The number of hydrogen-bond acceptors (Lipinski definition) is 6. The number of aromatic nitrogens is 2. The molecule has 3 aromatic rings. The number of rotatable bonds is 8. The number of benzene rings is 2. The molecule has 1 N–H and O–H groups in total. The summed E-state index contributed by atoms with van der Waals surface area (Å²) in [6.07, 6.45) is 5.12. The Labute approximate surface area is 194 Å². The van der Waals surface area contributed by atoms with Gasteiger partial charge in [-0.3, -0.25) is 4.79 Å². The highest BCUT2D eigenvalue weighted by Crippen LogP contribution is 2.29. The molecule has 33 heavy (non-hydrogen) atoms. The van der Waals surface area contributed by atoms with Crippen molar-refractivity contribution >= 4 is 11.9 Å². The molecular weight excluding hydrogens is 416 g/mol. The van der Waals surface area contributed by atoms with Crippen LogP contribution in [0.3, 0.4) is 0 Å². The predicted octanol–water partition coefficient (Wildman–Crippen LogP) is 4.16. The topological polar surface area (TPSA) is 76.6 Å². The van der Waals surface area contributed by atoms with Crippen molar-refractivity contribution in [2.24, 2.45) is 0 Å². The van der Waals surface area contributed by atoms with E-state index in [9.17, 15) is 4.79 Å². The zero-order valence-corrected chi connectivity index (χ0v) is 19.2. The molecule has 172 valence electrons. The van der Waals surface area contributed by atoms with Crippen molar-refractivity contribution in [1.82, 2.24) is 15.3 Å². The van der Waals surface area contributed by atoms with Gasteiger partial charge in [0.05, 0.1) is 18.7 Å². The minimum Gasteiger partial charge on any atom is -0.490 e. The van der Waals surface area contributed by atoms with Crippen molar-refractivity contribution in [1.29, 1.82) is 0 Å². The third-order valence-electron chi connectivity index (χ3n) is 5.54. The van der Waals surface area contributed by atoms with Crippen molar-refractivity contribution in [2.75, 3.05) is 24.6 Å². The Morgan fingerprint density at radius 3 is 2.67 bits per heavy atom. The van der Waals surface area contributed by atoms with E-state index in [-0.39, 0.29) is 12.0 Å². The van der Waals surface area contributed by atoms with Crippen molar-refractivity contribution < 1.29 is 14.3 Å². The van der Waals surface area contributed by atoms with Crippen molar-refractivity contribution in [3.8, 4) is 11.5 Å². The molecule has 7 heteroatoms. The Morgan fingerprint density at radius 1 is 1.12 bits per heavy atom. The molecule has 1 amide bonds. The Hall–Kier alpha value is -3.61. The molecule has 4 rings (SSSR count). The summed E-state index contributed by atoms with van der Waals surface area (Å²) in [5, 5.41) is 2.93. The summed E-state index contributed by atoms with van der Waals surface area (Å²) >= 11 is 0. The number of amides is 1. The monoisotopic (exact) mass is 446 g/mol. The summed E-state index contributed by atoms with van der Waals surface area (Å²) in [5.41, 5.74) is 2.67. The number of nitrogens with zero attached hydrogens (tertiary/aromatic N) is 3. The SMILES string of the molecule is CCOc1ccccc1O[C@@H]1CCCN(c2ncc(C(=O)NCc3cccc(C)c3)cn2)C1. The fourth-order valence-electron chi connectivity index (χ4n) is 3.93. The van der Waals surface area contributed by atoms with E-state index in [1.807, 2.05) is 56.3 Å². The van der Waals surface area contributed by atoms with Crippen LogP contribution in [-0.4, -0.2) is 41.7 Å². The van der Waals surface area contributed by atoms with Gasteiger partial charge >= 0.3 is 0 Å². The lowest BCUT2D eigenvalue weighted by Gasteiger charge is -2.33. The van der Waals surface area contributed by atoms with Crippen LogP contribution in [0.25, 0.3) is 0 Å². The molecule has 2 heterocycles. The summed E-state index contributed by atoms with van der Waals surface area (Å²) in [5.74, 6) is 1.94. The van der Waals surface area contributed by atoms with Crippen molar-refractivity contribution in [2.45, 2.75) is 39.3 Å². The van der Waals surface area contributed by atoms with Gasteiger partial charge in [0.25, 0.3) is 5.91 Å². The summed E-state index contributed by atoms with van der Waals surface area (Å²) in [6.45, 7) is 6.59. The van der Waals surface area contributed by atoms with E-state index >= 15 is 0 Å². The Bertz CT molecular complexity index is 1070. The average molecular weight is 447 g/mol. The number of piperidine rings is 1. The number of anilines is 1. The number of carbonyl (C=O) groups excluding carboxylic acids is 1. The molecular formula is C26H30N4O3. The molecule has 1 aliphatic rings. The molecule has 1 fully saturated rings. The minimum absolute atomic E-state index is 0.0151. The van der Waals surface area contributed by atoms with Crippen molar-refractivity contribution in [3.63, 3.8) is 0 Å². The van der Waals surface area contributed by atoms with Gasteiger partial charge in [-0.2, -0.15) is 0 Å². The Balaban J connectivity index is 1.35. The van der Waals surface area contributed by atoms with Crippen LogP contribution in [0.2, 0.25) is 0 Å². The van der Waals surface area contributed by atoms with Gasteiger partial charge < -0.3 is 19.7 Å². The maximum Gasteiger partial charge on any atom is 0.254 e. The van der Waals surface area contributed by atoms with E-state index < -0.39 is 0 Å². The quantitative estimate of drug-likeness (QED) is 0.560. The average Bonchev–Trinajstić information content (AvgIpc) is 2.84. The largest absolute Gasteiger partial charge is 0.490 e. The molecule has 0 unspecified atom stereocenters. The first kappa shape index (κ1) is 22.6. The van der Waals surface area contributed by atoms with E-state index in [0.29, 0.717) is 31.2 Å². The standard InChI is InChI=1S/C26H30N4O3/c1-3-32-23-11-4-5-12-24(23)33-22-10-7-13-30(18-22)26-28-16-21(17-29-26)25(31)27-15-20-9-6-8-19(2)14-20/h4-6,8-9,11-12,14,16-17,22H,3,7,10,13,15,18H2,1-2H3,(H,27,31)/t22-/m1/s1. The van der Waals surface area contributed by atoms with Crippen LogP contribution < -0.4 is 19.7 Å². The first-order chi connectivity index (χ1) is 16.1. The molecule has 2 aromatic carbocycles. The fourth-order valence-corrected chi connectivity index (χ4v) is 3.93. The van der Waals surface area contributed by atoms with Gasteiger partial charge in [-0.15, -0.1) is 0 Å². The summed E-state index contributed by atoms with van der Waals surface area (Å²) in [7, 11) is 0. The van der Waals surface area contributed by atoms with Gasteiger partial charge in [-0.25, -0.2) is 9.97 Å². The minimum atomic E-state index is -0.185. The van der Waals surface area contributed by atoms with Crippen LogP contribution in [0.1, 0.15) is 41.3 Å². The molecule has 1 aliphatic heterocycles. The number of ether oxygens (including phenoxy) is 2. The lowest BCUT2D eigenvalue weighted by Crippen LogP contribution is -2.42. The van der Waals surface area contributed by atoms with E-state index in [4.69, 9.17) is 9.47 Å². The number of nitrogens with one attached hydrogen (secondary N) is 1. The first-order valence-corrected chi connectivity index (χ1v) is 11.4. The predicted molar refractivity (Wildman–Crippen MR) is 128 cm³/mol. The molecule has 0 saturated carbocycles. The smallest absolute Gasteiger partial charge is 0.254 e.